The van der Waals surface area contributed by atoms with E-state index in [0.29, 0.717) is 35.5 Å². The Hall–Kier alpha value is -3.75. The average Bonchev–Trinajstić information content (AvgIpc) is 3.41. The van der Waals surface area contributed by atoms with Crippen molar-refractivity contribution >= 4 is 11.8 Å². The van der Waals surface area contributed by atoms with Gasteiger partial charge in [0.15, 0.2) is 5.69 Å². The first-order valence-electron chi connectivity index (χ1n) is 10.6. The summed E-state index contributed by atoms with van der Waals surface area (Å²) in [6.45, 7) is 1.46. The zero-order valence-electron chi connectivity index (χ0n) is 17.6. The van der Waals surface area contributed by atoms with Crippen molar-refractivity contribution in [2.24, 2.45) is 0 Å². The van der Waals surface area contributed by atoms with Gasteiger partial charge in [-0.2, -0.15) is 5.10 Å². The maximum absolute atomic E-state index is 13.4. The molecule has 0 saturated carbocycles. The lowest BCUT2D eigenvalue weighted by Gasteiger charge is -2.30. The van der Waals surface area contributed by atoms with E-state index in [4.69, 9.17) is 0 Å². The molecule has 0 fully saturated rings. The Balaban J connectivity index is 1.54. The van der Waals surface area contributed by atoms with Crippen LogP contribution in [0, 0.1) is 5.82 Å². The first kappa shape index (κ1) is 20.2. The topological polar surface area (TPSA) is 89.2 Å². The second-order valence-corrected chi connectivity index (χ2v) is 8.06. The van der Waals surface area contributed by atoms with Crippen LogP contribution >= 0.6 is 0 Å². The quantitative estimate of drug-likeness (QED) is 0.678. The van der Waals surface area contributed by atoms with Gasteiger partial charge >= 0.3 is 0 Å². The van der Waals surface area contributed by atoms with Crippen molar-refractivity contribution in [2.45, 2.75) is 32.4 Å². The van der Waals surface area contributed by atoms with Gasteiger partial charge in [0.05, 0.1) is 0 Å². The van der Waals surface area contributed by atoms with Gasteiger partial charge in [0, 0.05) is 44.3 Å². The van der Waals surface area contributed by atoms with E-state index in [1.165, 1.54) is 35.9 Å². The predicted octanol–water partition coefficient (Wildman–Crippen LogP) is 1.68. The van der Waals surface area contributed by atoms with Crippen LogP contribution in [0.2, 0.25) is 0 Å². The maximum atomic E-state index is 13.4. The SMILES string of the molecule is CNC(=O)c1c2c(cn(-c3ccc(F)cc3)c1=O)CN(C(=O)c1cc3n(n1)CCC3)CC2. The molecule has 0 spiro atoms. The van der Waals surface area contributed by atoms with Crippen molar-refractivity contribution in [3.8, 4) is 5.69 Å². The number of benzene rings is 1. The predicted molar refractivity (Wildman–Crippen MR) is 114 cm³/mol. The fourth-order valence-electron chi connectivity index (χ4n) is 4.51. The molecule has 0 unspecified atom stereocenters. The van der Waals surface area contributed by atoms with Crippen LogP contribution in [-0.4, -0.2) is 44.7 Å². The number of hydrogen-bond donors (Lipinski definition) is 1. The average molecular weight is 435 g/mol. The van der Waals surface area contributed by atoms with Gasteiger partial charge in [-0.1, -0.05) is 0 Å². The fourth-order valence-corrected chi connectivity index (χ4v) is 4.51. The highest BCUT2D eigenvalue weighted by Crippen LogP contribution is 2.24. The molecule has 0 bridgehead atoms. The molecule has 0 saturated heterocycles. The van der Waals surface area contributed by atoms with Gasteiger partial charge in [-0.25, -0.2) is 4.39 Å². The highest BCUT2D eigenvalue weighted by molar-refractivity contribution is 5.96. The molecule has 4 heterocycles. The molecule has 2 amide bonds. The first-order chi connectivity index (χ1) is 15.5. The van der Waals surface area contributed by atoms with E-state index in [0.717, 1.165) is 25.1 Å². The lowest BCUT2D eigenvalue weighted by molar-refractivity contribution is 0.0727. The van der Waals surface area contributed by atoms with Crippen LogP contribution in [0.15, 0.2) is 41.3 Å². The third-order valence-corrected chi connectivity index (χ3v) is 6.13. The second kappa shape index (κ2) is 7.74. The minimum atomic E-state index is -0.479. The Morgan fingerprint density at radius 3 is 2.62 bits per heavy atom. The number of aryl methyl sites for hydroxylation is 2. The van der Waals surface area contributed by atoms with Crippen molar-refractivity contribution in [1.82, 2.24) is 24.6 Å². The molecule has 3 aromatic rings. The number of fused-ring (bicyclic) bond motifs is 2. The normalized spacial score (nSPS) is 14.8. The van der Waals surface area contributed by atoms with E-state index < -0.39 is 17.3 Å². The smallest absolute Gasteiger partial charge is 0.274 e. The molecule has 5 rings (SSSR count). The maximum Gasteiger partial charge on any atom is 0.274 e. The number of pyridine rings is 1. The van der Waals surface area contributed by atoms with Crippen molar-refractivity contribution in [3.05, 3.63) is 80.8 Å². The summed E-state index contributed by atoms with van der Waals surface area (Å²) in [7, 11) is 1.47. The van der Waals surface area contributed by atoms with Crippen LogP contribution in [0.1, 0.15) is 44.1 Å². The summed E-state index contributed by atoms with van der Waals surface area (Å²) in [6, 6.07) is 7.33. The molecular weight excluding hydrogens is 413 g/mol. The summed E-state index contributed by atoms with van der Waals surface area (Å²) in [5.74, 6) is -1.07. The van der Waals surface area contributed by atoms with E-state index >= 15 is 0 Å². The number of nitrogens with zero attached hydrogens (tertiary/aromatic N) is 4. The molecule has 1 aromatic carbocycles. The molecule has 2 aliphatic heterocycles. The number of rotatable bonds is 3. The summed E-state index contributed by atoms with van der Waals surface area (Å²) in [6.07, 6.45) is 3.99. The van der Waals surface area contributed by atoms with Gasteiger partial charge in [0.1, 0.15) is 11.4 Å². The number of carbonyl (C=O) groups is 2. The van der Waals surface area contributed by atoms with Crippen molar-refractivity contribution in [1.29, 1.82) is 0 Å². The Labute approximate surface area is 183 Å². The van der Waals surface area contributed by atoms with E-state index in [-0.39, 0.29) is 18.0 Å². The zero-order valence-corrected chi connectivity index (χ0v) is 17.6. The molecular formula is C23H22FN5O3. The number of aromatic nitrogens is 3. The molecule has 0 radical (unpaired) electrons. The fraction of sp³-hybridized carbons (Fsp3) is 0.304. The van der Waals surface area contributed by atoms with E-state index in [9.17, 15) is 18.8 Å². The third-order valence-electron chi connectivity index (χ3n) is 6.13. The van der Waals surface area contributed by atoms with Crippen molar-refractivity contribution in [3.63, 3.8) is 0 Å². The van der Waals surface area contributed by atoms with Gasteiger partial charge in [-0.15, -0.1) is 0 Å². The van der Waals surface area contributed by atoms with Crippen LogP contribution in [0.25, 0.3) is 5.69 Å². The van der Waals surface area contributed by atoms with Crippen LogP contribution < -0.4 is 10.9 Å². The molecule has 32 heavy (non-hydrogen) atoms. The van der Waals surface area contributed by atoms with Crippen LogP contribution in [0.3, 0.4) is 0 Å². The number of halogens is 1. The van der Waals surface area contributed by atoms with E-state index in [1.807, 2.05) is 10.7 Å². The van der Waals surface area contributed by atoms with Crippen LogP contribution in [0.4, 0.5) is 4.39 Å². The first-order valence-corrected chi connectivity index (χ1v) is 10.6. The monoisotopic (exact) mass is 435 g/mol. The molecule has 2 aliphatic rings. The van der Waals surface area contributed by atoms with Gasteiger partial charge in [0.2, 0.25) is 0 Å². The number of nitrogens with one attached hydrogen (secondary N) is 1. The lowest BCUT2D eigenvalue weighted by atomic mass is 9.95. The summed E-state index contributed by atoms with van der Waals surface area (Å²) >= 11 is 0. The Bertz CT molecular complexity index is 1270. The standard InChI is InChI=1S/C23H22FN5O3/c1-25-21(30)20-18-8-10-27(22(31)19-11-17-3-2-9-29(17)26-19)12-14(18)13-28(23(20)32)16-6-4-15(24)5-7-16/h4-7,11,13H,2-3,8-10,12H2,1H3,(H,25,30). The van der Waals surface area contributed by atoms with E-state index in [1.54, 1.807) is 11.1 Å². The molecule has 0 atom stereocenters. The van der Waals surface area contributed by atoms with Gasteiger partial charge in [-0.05, 0) is 60.7 Å². The summed E-state index contributed by atoms with van der Waals surface area (Å²) in [4.78, 5) is 40.5. The summed E-state index contributed by atoms with van der Waals surface area (Å²) in [5, 5.41) is 6.98. The molecule has 1 N–H and O–H groups in total. The Kier molecular flexibility index (Phi) is 4.88. The summed E-state index contributed by atoms with van der Waals surface area (Å²) in [5.41, 5.74) is 2.86. The molecule has 9 heteroatoms. The Morgan fingerprint density at radius 2 is 1.91 bits per heavy atom. The lowest BCUT2D eigenvalue weighted by Crippen LogP contribution is -2.41. The molecule has 164 valence electrons. The second-order valence-electron chi connectivity index (χ2n) is 8.06. The molecule has 2 aromatic heterocycles. The van der Waals surface area contributed by atoms with Crippen LogP contribution in [0.5, 0.6) is 0 Å². The highest BCUT2D eigenvalue weighted by Gasteiger charge is 2.30. The minimum absolute atomic E-state index is 0.0578. The number of amides is 2. The minimum Gasteiger partial charge on any atom is -0.355 e. The number of carbonyl (C=O) groups excluding carboxylic acids is 2. The van der Waals surface area contributed by atoms with Gasteiger partial charge in [0.25, 0.3) is 17.4 Å². The summed E-state index contributed by atoms with van der Waals surface area (Å²) < 4.78 is 16.6. The highest BCUT2D eigenvalue weighted by atomic mass is 19.1. The largest absolute Gasteiger partial charge is 0.355 e. The van der Waals surface area contributed by atoms with Gasteiger partial charge in [-0.3, -0.25) is 23.6 Å². The zero-order chi connectivity index (χ0) is 22.4. The van der Waals surface area contributed by atoms with Gasteiger partial charge < -0.3 is 10.2 Å². The van der Waals surface area contributed by atoms with Crippen LogP contribution in [-0.2, 0) is 25.9 Å². The third kappa shape index (κ3) is 3.30. The van der Waals surface area contributed by atoms with Crippen molar-refractivity contribution < 1.29 is 14.0 Å². The molecule has 0 aliphatic carbocycles. The number of hydrogen-bond acceptors (Lipinski definition) is 4. The van der Waals surface area contributed by atoms with Crippen molar-refractivity contribution in [2.75, 3.05) is 13.6 Å². The van der Waals surface area contributed by atoms with E-state index in [2.05, 4.69) is 10.4 Å². The Morgan fingerprint density at radius 1 is 1.12 bits per heavy atom. The molecule has 8 nitrogen and oxygen atoms in total.